The van der Waals surface area contributed by atoms with Gasteiger partial charge in [-0.3, -0.25) is 9.59 Å². The molecule has 35 heavy (non-hydrogen) atoms. The molecular weight excluding hydrogens is 450 g/mol. The zero-order valence-electron chi connectivity index (χ0n) is 18.5. The van der Waals surface area contributed by atoms with E-state index in [1.54, 1.807) is 18.2 Å². The quantitative estimate of drug-likeness (QED) is 0.370. The van der Waals surface area contributed by atoms with Crippen molar-refractivity contribution in [1.82, 2.24) is 5.32 Å². The molecule has 1 aliphatic rings. The fourth-order valence-electron chi connectivity index (χ4n) is 3.97. The van der Waals surface area contributed by atoms with Gasteiger partial charge in [0, 0.05) is 29.2 Å². The number of Topliss-reactive ketones (excluding diaryl/α,β-unsaturated/α-hetero) is 1. The van der Waals surface area contributed by atoms with Gasteiger partial charge < -0.3 is 24.3 Å². The van der Waals surface area contributed by atoms with Crippen LogP contribution in [0, 0.1) is 0 Å². The Morgan fingerprint density at radius 3 is 2.46 bits per heavy atom. The van der Waals surface area contributed by atoms with Crippen LogP contribution in [0.1, 0.15) is 22.3 Å². The van der Waals surface area contributed by atoms with Gasteiger partial charge in [0.1, 0.15) is 23.5 Å². The molecule has 0 saturated heterocycles. The van der Waals surface area contributed by atoms with E-state index in [4.69, 9.17) is 13.9 Å². The molecule has 1 aliphatic heterocycles. The number of carboxylic acid groups (broad SMARTS) is 1. The number of hydrogen-bond acceptors (Lipinski definition) is 6. The van der Waals surface area contributed by atoms with Crippen molar-refractivity contribution in [2.75, 3.05) is 0 Å². The third-order valence-electron chi connectivity index (χ3n) is 5.75. The largest absolute Gasteiger partial charge is 0.480 e. The molecule has 2 heterocycles. The summed E-state index contributed by atoms with van der Waals surface area (Å²) in [6.45, 7) is 0. The molecule has 5 rings (SSSR count). The Hall–Kier alpha value is -4.59. The molecule has 3 aromatic carbocycles. The topological polar surface area (TPSA) is 115 Å². The zero-order valence-corrected chi connectivity index (χ0v) is 18.5. The van der Waals surface area contributed by atoms with Crippen LogP contribution >= 0.6 is 0 Å². The molecule has 2 N–H and O–H groups in total. The minimum atomic E-state index is -1.44. The number of ketones is 1. The maximum Gasteiger partial charge on any atom is 0.326 e. The third kappa shape index (κ3) is 4.72. The maximum atomic E-state index is 12.9. The van der Waals surface area contributed by atoms with Crippen molar-refractivity contribution in [1.29, 1.82) is 0 Å². The molecular formula is C27H21NO7. The second-order valence-electron chi connectivity index (χ2n) is 8.16. The SMILES string of the molecule is O=C(NC(CC(=O)c1ccc2oc3ccccc3c2c1)C(=O)O)C1=COC(Cc2ccccc2)O1. The van der Waals surface area contributed by atoms with Crippen LogP contribution < -0.4 is 5.32 Å². The van der Waals surface area contributed by atoms with Crippen molar-refractivity contribution in [3.8, 4) is 0 Å². The normalized spacial score (nSPS) is 15.8. The first kappa shape index (κ1) is 22.2. The average Bonchev–Trinajstić information content (AvgIpc) is 3.48. The van der Waals surface area contributed by atoms with Gasteiger partial charge in [-0.1, -0.05) is 48.5 Å². The van der Waals surface area contributed by atoms with Crippen LogP contribution in [0.3, 0.4) is 0 Å². The number of nitrogens with one attached hydrogen (secondary N) is 1. The fraction of sp³-hybridized carbons (Fsp3) is 0.148. The van der Waals surface area contributed by atoms with Crippen LogP contribution in [0.2, 0.25) is 0 Å². The number of fused-ring (bicyclic) bond motifs is 3. The van der Waals surface area contributed by atoms with Gasteiger partial charge >= 0.3 is 5.97 Å². The van der Waals surface area contributed by atoms with Crippen LogP contribution in [0.4, 0.5) is 0 Å². The van der Waals surface area contributed by atoms with Gasteiger partial charge in [-0.25, -0.2) is 4.79 Å². The van der Waals surface area contributed by atoms with E-state index < -0.39 is 36.4 Å². The number of hydrogen-bond donors (Lipinski definition) is 2. The summed E-state index contributed by atoms with van der Waals surface area (Å²) in [4.78, 5) is 37.3. The van der Waals surface area contributed by atoms with E-state index in [1.165, 1.54) is 0 Å². The summed E-state index contributed by atoms with van der Waals surface area (Å²) in [6.07, 6.45) is 0.450. The summed E-state index contributed by atoms with van der Waals surface area (Å²) in [5.74, 6) is -2.67. The lowest BCUT2D eigenvalue weighted by Crippen LogP contribution is -2.43. The van der Waals surface area contributed by atoms with Gasteiger partial charge in [0.25, 0.3) is 5.91 Å². The molecule has 2 atom stereocenters. The molecule has 176 valence electrons. The Bertz CT molecular complexity index is 1450. The van der Waals surface area contributed by atoms with Crippen molar-refractivity contribution in [2.45, 2.75) is 25.2 Å². The molecule has 0 fully saturated rings. The highest BCUT2D eigenvalue weighted by atomic mass is 16.7. The van der Waals surface area contributed by atoms with E-state index in [-0.39, 0.29) is 5.76 Å². The van der Waals surface area contributed by atoms with E-state index in [1.807, 2.05) is 54.6 Å². The Balaban J connectivity index is 1.24. The van der Waals surface area contributed by atoms with E-state index >= 15 is 0 Å². The molecule has 8 heteroatoms. The summed E-state index contributed by atoms with van der Waals surface area (Å²) in [5.41, 5.74) is 2.61. The first-order valence-electron chi connectivity index (χ1n) is 11.0. The fourth-order valence-corrected chi connectivity index (χ4v) is 3.97. The molecule has 0 radical (unpaired) electrons. The number of carbonyl (C=O) groups excluding carboxylic acids is 2. The second kappa shape index (κ2) is 9.34. The molecule has 1 aromatic heterocycles. The van der Waals surface area contributed by atoms with Crippen LogP contribution in [0.25, 0.3) is 21.9 Å². The summed E-state index contributed by atoms with van der Waals surface area (Å²) in [5, 5.41) is 13.6. The number of ether oxygens (including phenoxy) is 2. The first-order valence-corrected chi connectivity index (χ1v) is 11.0. The second-order valence-corrected chi connectivity index (χ2v) is 8.16. The molecule has 8 nitrogen and oxygen atoms in total. The summed E-state index contributed by atoms with van der Waals surface area (Å²) in [6, 6.07) is 20.4. The smallest absolute Gasteiger partial charge is 0.326 e. The standard InChI is InChI=1S/C27H21NO7/c29-21(17-10-11-23-19(13-17)18-8-4-5-9-22(18)34-23)14-20(27(31)32)28-26(30)24-15-33-25(35-24)12-16-6-2-1-3-7-16/h1-11,13,15,20,25H,12,14H2,(H,28,30)(H,31,32). The maximum absolute atomic E-state index is 12.9. The lowest BCUT2D eigenvalue weighted by atomic mass is 10.0. The van der Waals surface area contributed by atoms with Crippen molar-refractivity contribution >= 4 is 39.6 Å². The summed E-state index contributed by atoms with van der Waals surface area (Å²) < 4.78 is 16.7. The molecule has 2 unspecified atom stereocenters. The number of amides is 1. The number of furan rings is 1. The van der Waals surface area contributed by atoms with Gasteiger partial charge in [0.05, 0.1) is 0 Å². The number of rotatable bonds is 8. The monoisotopic (exact) mass is 471 g/mol. The Morgan fingerprint density at radius 2 is 1.66 bits per heavy atom. The first-order chi connectivity index (χ1) is 17.0. The lowest BCUT2D eigenvalue weighted by molar-refractivity contribution is -0.141. The number of carboxylic acids is 1. The van der Waals surface area contributed by atoms with Crippen molar-refractivity contribution in [3.63, 3.8) is 0 Å². The van der Waals surface area contributed by atoms with Crippen molar-refractivity contribution < 1.29 is 33.4 Å². The predicted octanol–water partition coefficient (Wildman–Crippen LogP) is 4.19. The zero-order chi connectivity index (χ0) is 24.4. The summed E-state index contributed by atoms with van der Waals surface area (Å²) >= 11 is 0. The molecule has 4 aromatic rings. The van der Waals surface area contributed by atoms with Gasteiger partial charge in [0.2, 0.25) is 12.0 Å². The molecule has 0 saturated carbocycles. The van der Waals surface area contributed by atoms with Crippen molar-refractivity contribution in [2.24, 2.45) is 0 Å². The Kier molecular flexibility index (Phi) is 5.93. The lowest BCUT2D eigenvalue weighted by Gasteiger charge is -2.15. The van der Waals surface area contributed by atoms with Gasteiger partial charge in [0.15, 0.2) is 5.78 Å². The van der Waals surface area contributed by atoms with E-state index in [9.17, 15) is 19.5 Å². The number of carbonyl (C=O) groups is 3. The van der Waals surface area contributed by atoms with Crippen LogP contribution in [0.5, 0.6) is 0 Å². The Labute approximate surface area is 199 Å². The Morgan fingerprint density at radius 1 is 0.914 bits per heavy atom. The highest BCUT2D eigenvalue weighted by molar-refractivity contribution is 6.09. The highest BCUT2D eigenvalue weighted by Crippen LogP contribution is 2.29. The third-order valence-corrected chi connectivity index (χ3v) is 5.75. The minimum absolute atomic E-state index is 0.143. The predicted molar refractivity (Wildman–Crippen MR) is 126 cm³/mol. The van der Waals surface area contributed by atoms with E-state index in [0.29, 0.717) is 23.2 Å². The molecule has 0 bridgehead atoms. The number of aliphatic carboxylic acids is 1. The van der Waals surface area contributed by atoms with Crippen LogP contribution in [-0.4, -0.2) is 35.1 Å². The highest BCUT2D eigenvalue weighted by Gasteiger charge is 2.30. The number of benzene rings is 3. The van der Waals surface area contributed by atoms with Crippen molar-refractivity contribution in [3.05, 3.63) is 95.9 Å². The van der Waals surface area contributed by atoms with Crippen LogP contribution in [0.15, 0.2) is 89.2 Å². The molecule has 0 spiro atoms. The number of para-hydroxylation sites is 1. The molecule has 1 amide bonds. The molecule has 0 aliphatic carbocycles. The van der Waals surface area contributed by atoms with Gasteiger partial charge in [-0.05, 0) is 29.8 Å². The average molecular weight is 471 g/mol. The minimum Gasteiger partial charge on any atom is -0.480 e. The van der Waals surface area contributed by atoms with Crippen LogP contribution in [-0.2, 0) is 25.5 Å². The van der Waals surface area contributed by atoms with Gasteiger partial charge in [-0.15, -0.1) is 0 Å². The van der Waals surface area contributed by atoms with E-state index in [2.05, 4.69) is 5.32 Å². The van der Waals surface area contributed by atoms with Gasteiger partial charge in [-0.2, -0.15) is 0 Å². The summed E-state index contributed by atoms with van der Waals surface area (Å²) in [7, 11) is 0. The van der Waals surface area contributed by atoms with E-state index in [0.717, 1.165) is 22.6 Å².